The van der Waals surface area contributed by atoms with E-state index in [9.17, 15) is 13.2 Å². The Bertz CT molecular complexity index is 482. The van der Waals surface area contributed by atoms with Crippen molar-refractivity contribution in [1.29, 1.82) is 0 Å². The summed E-state index contributed by atoms with van der Waals surface area (Å²) >= 11 is 3.18. The lowest BCUT2D eigenvalue weighted by Gasteiger charge is -2.23. The molecule has 1 saturated heterocycles. The molecule has 0 spiro atoms. The van der Waals surface area contributed by atoms with E-state index in [0.717, 1.165) is 25.9 Å². The third-order valence-corrected chi connectivity index (χ3v) is 3.85. The average Bonchev–Trinajstić information content (AvgIpc) is 2.83. The van der Waals surface area contributed by atoms with Crippen LogP contribution in [0.1, 0.15) is 19.8 Å². The first kappa shape index (κ1) is 16.4. The van der Waals surface area contributed by atoms with Crippen molar-refractivity contribution in [3.63, 3.8) is 0 Å². The van der Waals surface area contributed by atoms with Gasteiger partial charge in [0.25, 0.3) is 0 Å². The van der Waals surface area contributed by atoms with Gasteiger partial charge in [0.05, 0.1) is 5.69 Å². The van der Waals surface area contributed by atoms with Crippen LogP contribution in [0.3, 0.4) is 0 Å². The Balaban J connectivity index is 2.12. The van der Waals surface area contributed by atoms with Crippen LogP contribution in [0.4, 0.5) is 18.9 Å². The lowest BCUT2D eigenvalue weighted by atomic mass is 10.2. The number of hydrogen-bond donors (Lipinski definition) is 1. The highest BCUT2D eigenvalue weighted by atomic mass is 79.9. The number of rotatable bonds is 5. The first-order chi connectivity index (χ1) is 9.89. The van der Waals surface area contributed by atoms with Gasteiger partial charge in [-0.3, -0.25) is 0 Å². The molecule has 0 amide bonds. The van der Waals surface area contributed by atoms with E-state index >= 15 is 0 Å². The predicted molar refractivity (Wildman–Crippen MR) is 79.7 cm³/mol. The fraction of sp³-hybridized carbons (Fsp3) is 0.571. The Hall–Kier alpha value is -0.950. The molecule has 0 aromatic heterocycles. The first-order valence-electron chi connectivity index (χ1n) is 6.92. The fourth-order valence-corrected chi connectivity index (χ4v) is 2.79. The van der Waals surface area contributed by atoms with Gasteiger partial charge in [-0.2, -0.15) is 0 Å². The van der Waals surface area contributed by atoms with Gasteiger partial charge in [0, 0.05) is 23.6 Å². The lowest BCUT2D eigenvalue weighted by molar-refractivity contribution is -0.274. The smallest absolute Gasteiger partial charge is 0.404 e. The molecule has 1 aromatic rings. The minimum absolute atomic E-state index is 0.159. The van der Waals surface area contributed by atoms with E-state index in [0.29, 0.717) is 22.7 Å². The molecule has 1 N–H and O–H groups in total. The maximum atomic E-state index is 12.5. The Morgan fingerprint density at radius 3 is 2.86 bits per heavy atom. The number of hydrogen-bond acceptors (Lipinski definition) is 3. The van der Waals surface area contributed by atoms with E-state index < -0.39 is 6.36 Å². The number of benzene rings is 1. The monoisotopic (exact) mass is 366 g/mol. The summed E-state index contributed by atoms with van der Waals surface area (Å²) in [6.45, 7) is 4.42. The van der Waals surface area contributed by atoms with Crippen LogP contribution in [0.5, 0.6) is 5.75 Å². The van der Waals surface area contributed by atoms with E-state index in [-0.39, 0.29) is 5.75 Å². The maximum Gasteiger partial charge on any atom is 0.573 e. The predicted octanol–water partition coefficient (Wildman–Crippen LogP) is 3.93. The molecule has 118 valence electrons. The third kappa shape index (κ3) is 4.78. The second-order valence-corrected chi connectivity index (χ2v) is 5.96. The van der Waals surface area contributed by atoms with Gasteiger partial charge < -0.3 is 15.0 Å². The van der Waals surface area contributed by atoms with Crippen LogP contribution in [0.2, 0.25) is 0 Å². The van der Waals surface area contributed by atoms with Gasteiger partial charge in [0.2, 0.25) is 0 Å². The number of nitrogens with one attached hydrogen (secondary N) is 1. The Labute approximate surface area is 130 Å². The van der Waals surface area contributed by atoms with Gasteiger partial charge in [-0.1, -0.05) is 22.9 Å². The van der Waals surface area contributed by atoms with Crippen molar-refractivity contribution in [1.82, 2.24) is 5.32 Å². The molecule has 2 rings (SSSR count). The molecule has 21 heavy (non-hydrogen) atoms. The molecule has 0 radical (unpaired) electrons. The fourth-order valence-electron chi connectivity index (χ4n) is 2.45. The molecule has 1 atom stereocenters. The SMILES string of the molecule is CCCNC1CCN(c2ccc(Br)cc2OC(F)(F)F)C1. The summed E-state index contributed by atoms with van der Waals surface area (Å²) in [6.07, 6.45) is -2.73. The molecule has 1 heterocycles. The second-order valence-electron chi connectivity index (χ2n) is 5.05. The summed E-state index contributed by atoms with van der Waals surface area (Å²) in [7, 11) is 0. The molecule has 7 heteroatoms. The van der Waals surface area contributed by atoms with Crippen LogP contribution in [0.15, 0.2) is 22.7 Å². The summed E-state index contributed by atoms with van der Waals surface area (Å²) in [6, 6.07) is 5.06. The van der Waals surface area contributed by atoms with E-state index in [1.54, 1.807) is 12.1 Å². The normalized spacial score (nSPS) is 19.1. The quantitative estimate of drug-likeness (QED) is 0.854. The van der Waals surface area contributed by atoms with Crippen molar-refractivity contribution in [3.8, 4) is 5.75 Å². The molecule has 0 aliphatic carbocycles. The third-order valence-electron chi connectivity index (χ3n) is 3.36. The zero-order valence-corrected chi connectivity index (χ0v) is 13.3. The maximum absolute atomic E-state index is 12.5. The number of ether oxygens (including phenoxy) is 1. The Kier molecular flexibility index (Phi) is 5.37. The minimum atomic E-state index is -4.69. The van der Waals surface area contributed by atoms with Crippen LogP contribution in [-0.2, 0) is 0 Å². The summed E-state index contributed by atoms with van der Waals surface area (Å²) in [5, 5.41) is 3.40. The second kappa shape index (κ2) is 6.87. The van der Waals surface area contributed by atoms with Gasteiger partial charge in [-0.25, -0.2) is 0 Å². The highest BCUT2D eigenvalue weighted by molar-refractivity contribution is 9.10. The molecule has 1 unspecified atom stereocenters. The Morgan fingerprint density at radius 1 is 1.43 bits per heavy atom. The number of alkyl halides is 3. The molecule has 1 aromatic carbocycles. The van der Waals surface area contributed by atoms with Crippen molar-refractivity contribution >= 4 is 21.6 Å². The Morgan fingerprint density at radius 2 is 2.19 bits per heavy atom. The number of anilines is 1. The molecule has 0 bridgehead atoms. The lowest BCUT2D eigenvalue weighted by Crippen LogP contribution is -2.33. The molecular formula is C14H18BrF3N2O. The van der Waals surface area contributed by atoms with Crippen LogP contribution in [-0.4, -0.2) is 32.0 Å². The van der Waals surface area contributed by atoms with Crippen molar-refractivity contribution in [2.45, 2.75) is 32.2 Å². The molecule has 1 aliphatic heterocycles. The van der Waals surface area contributed by atoms with Gasteiger partial charge >= 0.3 is 6.36 Å². The van der Waals surface area contributed by atoms with Crippen molar-refractivity contribution in [2.24, 2.45) is 0 Å². The van der Waals surface area contributed by atoms with Crippen molar-refractivity contribution in [2.75, 3.05) is 24.5 Å². The van der Waals surface area contributed by atoms with Crippen LogP contribution in [0.25, 0.3) is 0 Å². The van der Waals surface area contributed by atoms with Gasteiger partial charge in [0.1, 0.15) is 0 Å². The molecule has 1 fully saturated rings. The summed E-state index contributed by atoms with van der Waals surface area (Å²) in [5.41, 5.74) is 0.483. The highest BCUT2D eigenvalue weighted by Gasteiger charge is 2.34. The standard InChI is InChI=1S/C14H18BrF3N2O/c1-2-6-19-11-5-7-20(9-11)12-4-3-10(15)8-13(12)21-14(16,17)18/h3-4,8,11,19H,2,5-7,9H2,1H3. The molecule has 3 nitrogen and oxygen atoms in total. The van der Waals surface area contributed by atoms with Crippen LogP contribution < -0.4 is 15.0 Å². The summed E-state index contributed by atoms with van der Waals surface area (Å²) in [5.74, 6) is -0.159. The largest absolute Gasteiger partial charge is 0.573 e. The van der Waals surface area contributed by atoms with Crippen LogP contribution >= 0.6 is 15.9 Å². The van der Waals surface area contributed by atoms with Crippen LogP contribution in [0, 0.1) is 0 Å². The number of halogens is 4. The molecule has 1 aliphatic rings. The van der Waals surface area contributed by atoms with E-state index in [1.807, 2.05) is 4.90 Å². The number of nitrogens with zero attached hydrogens (tertiary/aromatic N) is 1. The molecule has 0 saturated carbocycles. The molecular weight excluding hydrogens is 349 g/mol. The van der Waals surface area contributed by atoms with E-state index in [4.69, 9.17) is 0 Å². The van der Waals surface area contributed by atoms with Crippen molar-refractivity contribution < 1.29 is 17.9 Å². The zero-order valence-electron chi connectivity index (χ0n) is 11.7. The first-order valence-corrected chi connectivity index (χ1v) is 7.72. The zero-order chi connectivity index (χ0) is 15.5. The summed E-state index contributed by atoms with van der Waals surface area (Å²) < 4.78 is 42.3. The highest BCUT2D eigenvalue weighted by Crippen LogP contribution is 2.36. The van der Waals surface area contributed by atoms with E-state index in [2.05, 4.69) is 32.9 Å². The van der Waals surface area contributed by atoms with Gasteiger partial charge in [-0.05, 0) is 37.6 Å². The van der Waals surface area contributed by atoms with Crippen molar-refractivity contribution in [3.05, 3.63) is 22.7 Å². The summed E-state index contributed by atoms with van der Waals surface area (Å²) in [4.78, 5) is 1.93. The minimum Gasteiger partial charge on any atom is -0.404 e. The van der Waals surface area contributed by atoms with Gasteiger partial charge in [0.15, 0.2) is 5.75 Å². The van der Waals surface area contributed by atoms with E-state index in [1.165, 1.54) is 6.07 Å². The topological polar surface area (TPSA) is 24.5 Å². The van der Waals surface area contributed by atoms with Gasteiger partial charge in [-0.15, -0.1) is 13.2 Å². The average molecular weight is 367 g/mol.